The predicted molar refractivity (Wildman–Crippen MR) is 93.3 cm³/mol. The minimum absolute atomic E-state index is 0.0132. The van der Waals surface area contributed by atoms with E-state index in [9.17, 15) is 4.79 Å². The first-order chi connectivity index (χ1) is 12.2. The number of nitrogens with zero attached hydrogens (tertiary/aromatic N) is 4. The number of morpholine rings is 1. The molecule has 1 atom stereocenters. The lowest BCUT2D eigenvalue weighted by atomic mass is 10.2. The van der Waals surface area contributed by atoms with E-state index in [0.29, 0.717) is 31.3 Å². The lowest BCUT2D eigenvalue weighted by Crippen LogP contribution is -2.44. The Kier molecular flexibility index (Phi) is 4.40. The SMILES string of the molecule is Cn1cccc1C(=O)N1CCOC[C@@H]1c1nccc(NCC2CC2)n1. The molecule has 1 N–H and O–H groups in total. The zero-order valence-corrected chi connectivity index (χ0v) is 14.4. The van der Waals surface area contributed by atoms with Gasteiger partial charge in [-0.1, -0.05) is 0 Å². The van der Waals surface area contributed by atoms with Crippen molar-refractivity contribution in [2.24, 2.45) is 13.0 Å². The van der Waals surface area contributed by atoms with Crippen LogP contribution in [0.25, 0.3) is 0 Å². The monoisotopic (exact) mass is 341 g/mol. The molecule has 2 aliphatic rings. The van der Waals surface area contributed by atoms with E-state index in [0.717, 1.165) is 18.3 Å². The van der Waals surface area contributed by atoms with Crippen molar-refractivity contribution in [3.05, 3.63) is 42.1 Å². The number of carbonyl (C=O) groups excluding carboxylic acids is 1. The molecule has 2 fully saturated rings. The van der Waals surface area contributed by atoms with Gasteiger partial charge in [-0.05, 0) is 37.0 Å². The van der Waals surface area contributed by atoms with Crippen LogP contribution in [-0.2, 0) is 11.8 Å². The van der Waals surface area contributed by atoms with Gasteiger partial charge in [0, 0.05) is 32.5 Å². The summed E-state index contributed by atoms with van der Waals surface area (Å²) in [4.78, 5) is 23.8. The molecule has 7 nitrogen and oxygen atoms in total. The Labute approximate surface area is 147 Å². The molecule has 1 aliphatic carbocycles. The average Bonchev–Trinajstić information content (AvgIpc) is 3.39. The number of rotatable bonds is 5. The van der Waals surface area contributed by atoms with Crippen molar-refractivity contribution in [3.8, 4) is 0 Å². The van der Waals surface area contributed by atoms with E-state index in [-0.39, 0.29) is 11.9 Å². The Morgan fingerprint density at radius 2 is 2.28 bits per heavy atom. The fourth-order valence-corrected chi connectivity index (χ4v) is 3.09. The van der Waals surface area contributed by atoms with Crippen LogP contribution < -0.4 is 5.32 Å². The molecule has 1 saturated heterocycles. The second-order valence-corrected chi connectivity index (χ2v) is 6.72. The molecule has 2 aromatic rings. The maximum atomic E-state index is 13.0. The molecule has 1 aliphatic heterocycles. The fourth-order valence-electron chi connectivity index (χ4n) is 3.09. The van der Waals surface area contributed by atoms with Crippen molar-refractivity contribution in [1.29, 1.82) is 0 Å². The van der Waals surface area contributed by atoms with E-state index in [2.05, 4.69) is 15.3 Å². The van der Waals surface area contributed by atoms with Gasteiger partial charge in [0.25, 0.3) is 5.91 Å². The number of ether oxygens (including phenoxy) is 1. The van der Waals surface area contributed by atoms with Crippen LogP contribution in [-0.4, -0.2) is 51.6 Å². The Morgan fingerprint density at radius 1 is 1.40 bits per heavy atom. The Morgan fingerprint density at radius 3 is 3.04 bits per heavy atom. The van der Waals surface area contributed by atoms with Crippen LogP contribution in [0, 0.1) is 5.92 Å². The van der Waals surface area contributed by atoms with Gasteiger partial charge in [0.15, 0.2) is 5.82 Å². The van der Waals surface area contributed by atoms with Gasteiger partial charge in [0.2, 0.25) is 0 Å². The number of hydrogen-bond donors (Lipinski definition) is 1. The maximum absolute atomic E-state index is 13.0. The largest absolute Gasteiger partial charge is 0.377 e. The highest BCUT2D eigenvalue weighted by atomic mass is 16.5. The highest BCUT2D eigenvalue weighted by Gasteiger charge is 2.32. The molecule has 3 heterocycles. The Hall–Kier alpha value is -2.41. The first-order valence-corrected chi connectivity index (χ1v) is 8.79. The van der Waals surface area contributed by atoms with Crippen LogP contribution in [0.5, 0.6) is 0 Å². The number of carbonyl (C=O) groups is 1. The third-order valence-electron chi connectivity index (χ3n) is 4.79. The van der Waals surface area contributed by atoms with E-state index < -0.39 is 0 Å². The van der Waals surface area contributed by atoms with Gasteiger partial charge in [-0.3, -0.25) is 4.79 Å². The Balaban J connectivity index is 1.55. The minimum Gasteiger partial charge on any atom is -0.377 e. The lowest BCUT2D eigenvalue weighted by Gasteiger charge is -2.34. The summed E-state index contributed by atoms with van der Waals surface area (Å²) in [5.74, 6) is 2.20. The molecule has 7 heteroatoms. The summed E-state index contributed by atoms with van der Waals surface area (Å²) < 4.78 is 7.45. The first kappa shape index (κ1) is 16.1. The molecule has 132 valence electrons. The third-order valence-corrected chi connectivity index (χ3v) is 4.79. The second kappa shape index (κ2) is 6.84. The van der Waals surface area contributed by atoms with E-state index >= 15 is 0 Å². The van der Waals surface area contributed by atoms with Crippen LogP contribution in [0.3, 0.4) is 0 Å². The molecule has 1 amide bonds. The van der Waals surface area contributed by atoms with E-state index in [4.69, 9.17) is 4.74 Å². The van der Waals surface area contributed by atoms with Crippen LogP contribution in [0.1, 0.15) is 35.2 Å². The minimum atomic E-state index is -0.265. The predicted octanol–water partition coefficient (Wildman–Crippen LogP) is 1.85. The molecule has 25 heavy (non-hydrogen) atoms. The van der Waals surface area contributed by atoms with Crippen LogP contribution in [0.15, 0.2) is 30.6 Å². The summed E-state index contributed by atoms with van der Waals surface area (Å²) in [5.41, 5.74) is 0.662. The molecule has 0 radical (unpaired) electrons. The summed E-state index contributed by atoms with van der Waals surface area (Å²) in [6.07, 6.45) is 6.21. The molecule has 1 saturated carbocycles. The van der Waals surface area contributed by atoms with Crippen LogP contribution in [0.4, 0.5) is 5.82 Å². The quantitative estimate of drug-likeness (QED) is 0.899. The number of aryl methyl sites for hydroxylation is 1. The van der Waals surface area contributed by atoms with Gasteiger partial charge < -0.3 is 19.5 Å². The van der Waals surface area contributed by atoms with E-state index in [1.165, 1.54) is 12.8 Å². The van der Waals surface area contributed by atoms with Crippen molar-refractivity contribution in [2.45, 2.75) is 18.9 Å². The number of amides is 1. The summed E-state index contributed by atoms with van der Waals surface area (Å²) in [7, 11) is 1.88. The van der Waals surface area contributed by atoms with Crippen LogP contribution in [0.2, 0.25) is 0 Å². The zero-order chi connectivity index (χ0) is 17.2. The molecule has 0 unspecified atom stereocenters. The second-order valence-electron chi connectivity index (χ2n) is 6.72. The molecule has 0 aromatic carbocycles. The summed E-state index contributed by atoms with van der Waals surface area (Å²) in [6.45, 7) is 2.44. The fraction of sp³-hybridized carbons (Fsp3) is 0.500. The van der Waals surface area contributed by atoms with Crippen molar-refractivity contribution >= 4 is 11.7 Å². The van der Waals surface area contributed by atoms with Crippen molar-refractivity contribution < 1.29 is 9.53 Å². The highest BCUT2D eigenvalue weighted by Crippen LogP contribution is 2.29. The van der Waals surface area contributed by atoms with Gasteiger partial charge in [-0.25, -0.2) is 9.97 Å². The topological polar surface area (TPSA) is 72.3 Å². The van der Waals surface area contributed by atoms with Crippen LogP contribution >= 0.6 is 0 Å². The molecule has 2 aromatic heterocycles. The third kappa shape index (κ3) is 3.51. The zero-order valence-electron chi connectivity index (χ0n) is 14.4. The van der Waals surface area contributed by atoms with E-state index in [1.807, 2.05) is 40.9 Å². The Bertz CT molecular complexity index is 755. The normalized spacial score (nSPS) is 20.5. The number of hydrogen-bond acceptors (Lipinski definition) is 5. The standard InChI is InChI=1S/C18H23N5O2/c1-22-8-2-3-14(22)18(24)23-9-10-25-12-15(23)17-19-7-6-16(21-17)20-11-13-4-5-13/h2-3,6-8,13,15H,4-5,9-12H2,1H3,(H,19,20,21)/t15-/m1/s1. The lowest BCUT2D eigenvalue weighted by molar-refractivity contribution is -0.00567. The number of aromatic nitrogens is 3. The van der Waals surface area contributed by atoms with E-state index in [1.54, 1.807) is 6.20 Å². The van der Waals surface area contributed by atoms with Gasteiger partial charge in [0.05, 0.1) is 13.2 Å². The molecule has 0 bridgehead atoms. The average molecular weight is 341 g/mol. The number of anilines is 1. The van der Waals surface area contributed by atoms with Crippen molar-refractivity contribution in [3.63, 3.8) is 0 Å². The summed E-state index contributed by atoms with van der Waals surface area (Å²) in [5, 5.41) is 3.37. The van der Waals surface area contributed by atoms with Gasteiger partial charge in [-0.2, -0.15) is 0 Å². The summed E-state index contributed by atoms with van der Waals surface area (Å²) in [6, 6.07) is 5.32. The van der Waals surface area contributed by atoms with Gasteiger partial charge in [0.1, 0.15) is 17.6 Å². The smallest absolute Gasteiger partial charge is 0.271 e. The summed E-state index contributed by atoms with van der Waals surface area (Å²) >= 11 is 0. The highest BCUT2D eigenvalue weighted by molar-refractivity contribution is 5.93. The first-order valence-electron chi connectivity index (χ1n) is 8.79. The molecular formula is C18H23N5O2. The maximum Gasteiger partial charge on any atom is 0.271 e. The van der Waals surface area contributed by atoms with Crippen molar-refractivity contribution in [2.75, 3.05) is 31.6 Å². The molecule has 0 spiro atoms. The molecule has 4 rings (SSSR count). The van der Waals surface area contributed by atoms with Gasteiger partial charge >= 0.3 is 0 Å². The van der Waals surface area contributed by atoms with Gasteiger partial charge in [-0.15, -0.1) is 0 Å². The molecular weight excluding hydrogens is 318 g/mol. The number of nitrogens with one attached hydrogen (secondary N) is 1. The van der Waals surface area contributed by atoms with Crippen molar-refractivity contribution in [1.82, 2.24) is 19.4 Å².